The number of esters is 1. The molecule has 3 fully saturated rings. The number of aliphatic hydroxyl groups is 1. The summed E-state index contributed by atoms with van der Waals surface area (Å²) in [5.41, 5.74) is 0. The Kier molecular flexibility index (Phi) is 4.30. The topological polar surface area (TPSA) is 130 Å². The van der Waals surface area contributed by atoms with Gasteiger partial charge in [-0.25, -0.2) is 9.59 Å². The van der Waals surface area contributed by atoms with Gasteiger partial charge >= 0.3 is 11.9 Å². The molecule has 0 aromatic rings. The molecule has 7 unspecified atom stereocenters. The number of aliphatic carboxylic acids is 1. The number of carboxylic acid groups (broad SMARTS) is 1. The van der Waals surface area contributed by atoms with Crippen molar-refractivity contribution < 1.29 is 48.2 Å². The van der Waals surface area contributed by atoms with Gasteiger partial charge in [0.25, 0.3) is 12.6 Å². The first-order valence-electron chi connectivity index (χ1n) is 6.82. The first kappa shape index (κ1) is 15.6. The largest absolute Gasteiger partial charge is 0.477 e. The van der Waals surface area contributed by atoms with Gasteiger partial charge in [0.15, 0.2) is 6.29 Å². The molecule has 2 N–H and O–H groups in total. The molecule has 3 rings (SSSR count). The third-order valence-electron chi connectivity index (χ3n) is 3.55. The average Bonchev–Trinajstić information content (AvgIpc) is 3.04. The van der Waals surface area contributed by atoms with Gasteiger partial charge < -0.3 is 38.6 Å². The van der Waals surface area contributed by atoms with E-state index in [1.54, 1.807) is 6.92 Å². The molecule has 3 heterocycles. The first-order chi connectivity index (χ1) is 10.5. The normalized spacial score (nSPS) is 43.5. The number of fused-ring (bicyclic) bond motifs is 3. The molecule has 0 aromatic carbocycles. The highest BCUT2D eigenvalue weighted by molar-refractivity contribution is 5.73. The molecule has 3 aliphatic rings. The maximum Gasteiger partial charge on any atom is 0.363 e. The van der Waals surface area contributed by atoms with Crippen LogP contribution in [0.1, 0.15) is 6.92 Å². The quantitative estimate of drug-likeness (QED) is 0.572. The molecular weight excluding hydrogens is 304 g/mol. The minimum atomic E-state index is -1.55. The van der Waals surface area contributed by atoms with Crippen LogP contribution in [0.25, 0.3) is 0 Å². The molecule has 0 aliphatic carbocycles. The molecule has 0 saturated carbocycles. The zero-order valence-electron chi connectivity index (χ0n) is 11.6. The van der Waals surface area contributed by atoms with E-state index in [1.807, 2.05) is 0 Å². The van der Waals surface area contributed by atoms with Crippen LogP contribution in [-0.2, 0) is 38.0 Å². The molecule has 3 aliphatic heterocycles. The van der Waals surface area contributed by atoms with Gasteiger partial charge in [-0.3, -0.25) is 0 Å². The highest BCUT2D eigenvalue weighted by Gasteiger charge is 2.60. The van der Waals surface area contributed by atoms with Crippen LogP contribution in [-0.4, -0.2) is 78.7 Å². The van der Waals surface area contributed by atoms with Crippen molar-refractivity contribution >= 4 is 11.9 Å². The summed E-state index contributed by atoms with van der Waals surface area (Å²) in [5.74, 6) is -2.03. The monoisotopic (exact) mass is 320 g/mol. The van der Waals surface area contributed by atoms with Crippen molar-refractivity contribution in [3.63, 3.8) is 0 Å². The second kappa shape index (κ2) is 6.07. The number of rotatable bonds is 4. The van der Waals surface area contributed by atoms with Crippen molar-refractivity contribution in [2.24, 2.45) is 0 Å². The van der Waals surface area contributed by atoms with Gasteiger partial charge in [-0.1, -0.05) is 0 Å². The average molecular weight is 320 g/mol. The molecule has 0 aromatic heterocycles. The van der Waals surface area contributed by atoms with E-state index in [0.717, 1.165) is 0 Å². The standard InChI is InChI=1S/C12H16O10/c1-2-17-9(16)12-21-7-6-5(19-10(7)22-12)4(3-13)18-11(20-6)8(14)15/h4-7,10-13H,2-3H2,1H3,(H,14,15). The molecule has 0 amide bonds. The fourth-order valence-corrected chi connectivity index (χ4v) is 2.65. The number of hydrogen-bond donors (Lipinski definition) is 2. The molecule has 0 spiro atoms. The molecule has 7 atom stereocenters. The van der Waals surface area contributed by atoms with Gasteiger partial charge in [-0.2, -0.15) is 0 Å². The van der Waals surface area contributed by atoms with Gasteiger partial charge in [0.2, 0.25) is 0 Å². The van der Waals surface area contributed by atoms with Crippen LogP contribution in [0.3, 0.4) is 0 Å². The van der Waals surface area contributed by atoms with Crippen LogP contribution in [0.2, 0.25) is 0 Å². The van der Waals surface area contributed by atoms with Crippen LogP contribution in [0.5, 0.6) is 0 Å². The summed E-state index contributed by atoms with van der Waals surface area (Å²) >= 11 is 0. The smallest absolute Gasteiger partial charge is 0.363 e. The lowest BCUT2D eigenvalue weighted by Gasteiger charge is -2.36. The van der Waals surface area contributed by atoms with Crippen molar-refractivity contribution in [2.45, 2.75) is 50.2 Å². The highest BCUT2D eigenvalue weighted by atomic mass is 16.9. The van der Waals surface area contributed by atoms with Crippen LogP contribution in [0.4, 0.5) is 0 Å². The summed E-state index contributed by atoms with van der Waals surface area (Å²) in [7, 11) is 0. The van der Waals surface area contributed by atoms with E-state index in [-0.39, 0.29) is 6.61 Å². The maximum atomic E-state index is 11.6. The van der Waals surface area contributed by atoms with E-state index in [9.17, 15) is 14.7 Å². The number of aliphatic hydroxyl groups excluding tert-OH is 1. The lowest BCUT2D eigenvalue weighted by atomic mass is 10.0. The molecule has 10 nitrogen and oxygen atoms in total. The summed E-state index contributed by atoms with van der Waals surface area (Å²) in [6, 6.07) is 0. The number of carbonyl (C=O) groups is 2. The fraction of sp³-hybridized carbons (Fsp3) is 0.833. The molecule has 0 radical (unpaired) electrons. The van der Waals surface area contributed by atoms with E-state index in [1.165, 1.54) is 0 Å². The lowest BCUT2D eigenvalue weighted by Crippen LogP contribution is -2.55. The van der Waals surface area contributed by atoms with E-state index in [2.05, 4.69) is 0 Å². The van der Waals surface area contributed by atoms with Gasteiger partial charge in [-0.15, -0.1) is 0 Å². The summed E-state index contributed by atoms with van der Waals surface area (Å²) in [6.45, 7) is 1.36. The van der Waals surface area contributed by atoms with Crippen LogP contribution in [0.15, 0.2) is 0 Å². The Morgan fingerprint density at radius 1 is 1.00 bits per heavy atom. The minimum absolute atomic E-state index is 0.169. The minimum Gasteiger partial charge on any atom is -0.477 e. The number of carboxylic acids is 1. The van der Waals surface area contributed by atoms with Gasteiger partial charge in [0.1, 0.15) is 24.4 Å². The Morgan fingerprint density at radius 3 is 2.36 bits per heavy atom. The Hall–Kier alpha value is -1.30. The lowest BCUT2D eigenvalue weighted by molar-refractivity contribution is -0.296. The number of carbonyl (C=O) groups excluding carboxylic acids is 1. The predicted octanol–water partition coefficient (Wildman–Crippen LogP) is -1.80. The van der Waals surface area contributed by atoms with Crippen molar-refractivity contribution in [3.05, 3.63) is 0 Å². The van der Waals surface area contributed by atoms with Crippen LogP contribution >= 0.6 is 0 Å². The van der Waals surface area contributed by atoms with Crippen molar-refractivity contribution in [1.82, 2.24) is 0 Å². The van der Waals surface area contributed by atoms with E-state index >= 15 is 0 Å². The first-order valence-corrected chi connectivity index (χ1v) is 6.82. The number of hydrogen-bond acceptors (Lipinski definition) is 9. The molecule has 22 heavy (non-hydrogen) atoms. The van der Waals surface area contributed by atoms with Crippen LogP contribution in [0, 0.1) is 0 Å². The Labute approximate surface area is 124 Å². The molecule has 0 bridgehead atoms. The Balaban J connectivity index is 1.71. The second-order valence-electron chi connectivity index (χ2n) is 4.92. The second-order valence-corrected chi connectivity index (χ2v) is 4.92. The molecular formula is C12H16O10. The van der Waals surface area contributed by atoms with E-state index < -0.39 is 61.8 Å². The SMILES string of the molecule is CCOC(=O)C1OC2OC3C(CO)OC(C(=O)O)OC3C2O1. The summed E-state index contributed by atoms with van der Waals surface area (Å²) in [4.78, 5) is 22.6. The van der Waals surface area contributed by atoms with Crippen molar-refractivity contribution in [2.75, 3.05) is 13.2 Å². The van der Waals surface area contributed by atoms with Crippen molar-refractivity contribution in [3.8, 4) is 0 Å². The van der Waals surface area contributed by atoms with E-state index in [0.29, 0.717) is 0 Å². The van der Waals surface area contributed by atoms with E-state index in [4.69, 9.17) is 33.5 Å². The Bertz CT molecular complexity index is 453. The summed E-state index contributed by atoms with van der Waals surface area (Å²) in [6.07, 6.45) is -7.01. The predicted molar refractivity (Wildman–Crippen MR) is 63.3 cm³/mol. The van der Waals surface area contributed by atoms with Gasteiger partial charge in [0.05, 0.1) is 13.2 Å². The summed E-state index contributed by atoms with van der Waals surface area (Å²) < 4.78 is 31.4. The third kappa shape index (κ3) is 2.57. The number of ether oxygens (including phenoxy) is 6. The Morgan fingerprint density at radius 2 is 1.73 bits per heavy atom. The maximum absolute atomic E-state index is 11.6. The zero-order chi connectivity index (χ0) is 15.9. The fourth-order valence-electron chi connectivity index (χ4n) is 2.65. The highest BCUT2D eigenvalue weighted by Crippen LogP contribution is 2.39. The summed E-state index contributed by atoms with van der Waals surface area (Å²) in [5, 5.41) is 18.3. The zero-order valence-corrected chi connectivity index (χ0v) is 11.6. The molecule has 124 valence electrons. The van der Waals surface area contributed by atoms with Crippen LogP contribution < -0.4 is 0 Å². The van der Waals surface area contributed by atoms with Crippen molar-refractivity contribution in [1.29, 1.82) is 0 Å². The molecule has 10 heteroatoms. The van der Waals surface area contributed by atoms with Gasteiger partial charge in [0, 0.05) is 0 Å². The van der Waals surface area contributed by atoms with Gasteiger partial charge in [-0.05, 0) is 6.92 Å². The third-order valence-corrected chi connectivity index (χ3v) is 3.55. The molecule has 3 saturated heterocycles.